The third kappa shape index (κ3) is 2.15. The zero-order valence-electron chi connectivity index (χ0n) is 10.5. The third-order valence-corrected chi connectivity index (χ3v) is 3.04. The highest BCUT2D eigenvalue weighted by molar-refractivity contribution is 5.89. The Morgan fingerprint density at radius 2 is 1.85 bits per heavy atom. The minimum absolute atomic E-state index is 0.0474. The number of halogens is 3. The standard InChI is InChI=1S/C15H10F3NO/c1-9-5-6-14-12(7-9)19-8-10-11(15(16,17)18)3-2-4-13(10)20-14/h2-8H,1H3. The van der Waals surface area contributed by atoms with Crippen LogP contribution < -0.4 is 4.74 Å². The molecule has 0 spiro atoms. The van der Waals surface area contributed by atoms with Gasteiger partial charge in [0.25, 0.3) is 0 Å². The molecule has 1 aliphatic rings. The summed E-state index contributed by atoms with van der Waals surface area (Å²) in [7, 11) is 0. The number of nitrogens with zero attached hydrogens (tertiary/aromatic N) is 1. The molecule has 2 nitrogen and oxygen atoms in total. The molecule has 0 amide bonds. The van der Waals surface area contributed by atoms with Crippen molar-refractivity contribution in [3.63, 3.8) is 0 Å². The molecule has 2 aromatic rings. The van der Waals surface area contributed by atoms with Crippen molar-refractivity contribution in [3.8, 4) is 11.5 Å². The molecule has 0 saturated heterocycles. The third-order valence-electron chi connectivity index (χ3n) is 3.04. The molecule has 3 rings (SSSR count). The predicted octanol–water partition coefficient (Wildman–Crippen LogP) is 4.87. The van der Waals surface area contributed by atoms with Crippen molar-refractivity contribution < 1.29 is 17.9 Å². The van der Waals surface area contributed by atoms with Gasteiger partial charge in [-0.25, -0.2) is 0 Å². The van der Waals surface area contributed by atoms with Gasteiger partial charge in [-0.3, -0.25) is 4.99 Å². The van der Waals surface area contributed by atoms with Crippen molar-refractivity contribution in [3.05, 3.63) is 53.1 Å². The van der Waals surface area contributed by atoms with E-state index in [1.165, 1.54) is 18.3 Å². The van der Waals surface area contributed by atoms with Gasteiger partial charge < -0.3 is 4.74 Å². The summed E-state index contributed by atoms with van der Waals surface area (Å²) in [6, 6.07) is 9.16. The van der Waals surface area contributed by atoms with E-state index in [1.54, 1.807) is 12.1 Å². The minimum atomic E-state index is -4.44. The molecule has 5 heteroatoms. The average molecular weight is 277 g/mol. The van der Waals surface area contributed by atoms with Crippen molar-refractivity contribution in [2.24, 2.45) is 4.99 Å². The molecule has 0 atom stereocenters. The van der Waals surface area contributed by atoms with Gasteiger partial charge >= 0.3 is 6.18 Å². The van der Waals surface area contributed by atoms with Gasteiger partial charge in [0.05, 0.1) is 5.56 Å². The highest BCUT2D eigenvalue weighted by atomic mass is 19.4. The number of alkyl halides is 3. The molecule has 0 fully saturated rings. The van der Waals surface area contributed by atoms with Gasteiger partial charge in [-0.15, -0.1) is 0 Å². The van der Waals surface area contributed by atoms with Crippen molar-refractivity contribution >= 4 is 11.9 Å². The fraction of sp³-hybridized carbons (Fsp3) is 0.133. The topological polar surface area (TPSA) is 21.6 Å². The molecule has 2 aromatic carbocycles. The molecule has 0 bridgehead atoms. The number of benzene rings is 2. The minimum Gasteiger partial charge on any atom is -0.454 e. The summed E-state index contributed by atoms with van der Waals surface area (Å²) < 4.78 is 44.5. The van der Waals surface area contributed by atoms with E-state index in [-0.39, 0.29) is 11.3 Å². The summed E-state index contributed by atoms with van der Waals surface area (Å²) in [5, 5.41) is 0. The second-order valence-corrected chi connectivity index (χ2v) is 4.55. The second-order valence-electron chi connectivity index (χ2n) is 4.55. The first-order valence-corrected chi connectivity index (χ1v) is 5.98. The quantitative estimate of drug-likeness (QED) is 0.574. The molecule has 102 valence electrons. The molecule has 1 heterocycles. The van der Waals surface area contributed by atoms with Gasteiger partial charge in [0, 0.05) is 11.8 Å². The molecule has 0 saturated carbocycles. The first kappa shape index (κ1) is 12.7. The number of ether oxygens (including phenoxy) is 1. The van der Waals surface area contributed by atoms with Gasteiger partial charge in [0.15, 0.2) is 5.75 Å². The van der Waals surface area contributed by atoms with Crippen LogP contribution in [-0.2, 0) is 6.18 Å². The van der Waals surface area contributed by atoms with Crippen molar-refractivity contribution in [1.82, 2.24) is 0 Å². The van der Waals surface area contributed by atoms with Crippen LogP contribution in [0.4, 0.5) is 18.9 Å². The Bertz CT molecular complexity index is 705. The van der Waals surface area contributed by atoms with Crippen molar-refractivity contribution in [2.75, 3.05) is 0 Å². The fourth-order valence-corrected chi connectivity index (χ4v) is 2.08. The summed E-state index contributed by atoms with van der Waals surface area (Å²) in [5.74, 6) is 0.608. The van der Waals surface area contributed by atoms with Crippen molar-refractivity contribution in [1.29, 1.82) is 0 Å². The molecule has 1 aliphatic heterocycles. The van der Waals surface area contributed by atoms with E-state index in [1.807, 2.05) is 13.0 Å². The lowest BCUT2D eigenvalue weighted by atomic mass is 10.1. The number of aryl methyl sites for hydroxylation is 1. The Kier molecular flexibility index (Phi) is 2.78. The molecule has 0 unspecified atom stereocenters. The lowest BCUT2D eigenvalue weighted by molar-refractivity contribution is -0.137. The summed E-state index contributed by atoms with van der Waals surface area (Å²) >= 11 is 0. The van der Waals surface area contributed by atoms with E-state index in [2.05, 4.69) is 4.99 Å². The predicted molar refractivity (Wildman–Crippen MR) is 70.0 cm³/mol. The van der Waals surface area contributed by atoms with E-state index >= 15 is 0 Å². The SMILES string of the molecule is Cc1ccc2c(c1)N=Cc1c(cccc1C(F)(F)F)O2. The summed E-state index contributed by atoms with van der Waals surface area (Å²) in [5.41, 5.74) is 0.693. The van der Waals surface area contributed by atoms with Gasteiger partial charge in [-0.05, 0) is 36.8 Å². The van der Waals surface area contributed by atoms with Crippen LogP contribution in [0.3, 0.4) is 0 Å². The smallest absolute Gasteiger partial charge is 0.417 e. The van der Waals surface area contributed by atoms with E-state index < -0.39 is 11.7 Å². The maximum absolute atomic E-state index is 13.0. The highest BCUT2D eigenvalue weighted by Gasteiger charge is 2.34. The lowest BCUT2D eigenvalue weighted by Crippen LogP contribution is -2.09. The number of hydrogen-bond acceptors (Lipinski definition) is 2. The van der Waals surface area contributed by atoms with Crippen LogP contribution in [0.15, 0.2) is 41.4 Å². The largest absolute Gasteiger partial charge is 0.454 e. The number of rotatable bonds is 0. The van der Waals surface area contributed by atoms with E-state index in [9.17, 15) is 13.2 Å². The van der Waals surface area contributed by atoms with Gasteiger partial charge in [-0.1, -0.05) is 12.1 Å². The van der Waals surface area contributed by atoms with Crippen LogP contribution in [-0.4, -0.2) is 6.21 Å². The Balaban J connectivity index is 2.18. The summed E-state index contributed by atoms with van der Waals surface area (Å²) in [6.45, 7) is 1.88. The lowest BCUT2D eigenvalue weighted by Gasteiger charge is -2.13. The molecule has 0 N–H and O–H groups in total. The van der Waals surface area contributed by atoms with Crippen LogP contribution >= 0.6 is 0 Å². The molecule has 0 radical (unpaired) electrons. The van der Waals surface area contributed by atoms with Crippen LogP contribution in [0.5, 0.6) is 11.5 Å². The van der Waals surface area contributed by atoms with Crippen molar-refractivity contribution in [2.45, 2.75) is 13.1 Å². The molecule has 0 aliphatic carbocycles. The zero-order valence-corrected chi connectivity index (χ0v) is 10.5. The summed E-state index contributed by atoms with van der Waals surface area (Å²) in [6.07, 6.45) is -3.23. The molecular weight excluding hydrogens is 267 g/mol. The van der Waals surface area contributed by atoms with E-state index in [0.717, 1.165) is 11.6 Å². The van der Waals surface area contributed by atoms with Gasteiger partial charge in [0.1, 0.15) is 11.4 Å². The number of hydrogen-bond donors (Lipinski definition) is 0. The maximum Gasteiger partial charge on any atom is 0.417 e. The Morgan fingerprint density at radius 3 is 2.60 bits per heavy atom. The van der Waals surface area contributed by atoms with E-state index in [4.69, 9.17) is 4.74 Å². The Morgan fingerprint density at radius 1 is 1.05 bits per heavy atom. The Hall–Kier alpha value is -2.30. The van der Waals surface area contributed by atoms with E-state index in [0.29, 0.717) is 11.4 Å². The van der Waals surface area contributed by atoms with Gasteiger partial charge in [-0.2, -0.15) is 13.2 Å². The normalized spacial score (nSPS) is 13.2. The fourth-order valence-electron chi connectivity index (χ4n) is 2.08. The summed E-state index contributed by atoms with van der Waals surface area (Å²) in [4.78, 5) is 4.11. The first-order chi connectivity index (χ1) is 9.45. The van der Waals surface area contributed by atoms with Gasteiger partial charge in [0.2, 0.25) is 0 Å². The number of fused-ring (bicyclic) bond motifs is 2. The number of aliphatic imine (C=N–C) groups is 1. The first-order valence-electron chi connectivity index (χ1n) is 5.98. The van der Waals surface area contributed by atoms with Crippen LogP contribution in [0.2, 0.25) is 0 Å². The second kappa shape index (κ2) is 4.37. The molecule has 20 heavy (non-hydrogen) atoms. The molecular formula is C15H10F3NO. The molecule has 0 aromatic heterocycles. The zero-order chi connectivity index (χ0) is 14.3. The average Bonchev–Trinajstić information content (AvgIpc) is 2.56. The Labute approximate surface area is 113 Å². The maximum atomic E-state index is 13.0. The van der Waals surface area contributed by atoms with Crippen LogP contribution in [0, 0.1) is 6.92 Å². The monoisotopic (exact) mass is 277 g/mol. The van der Waals surface area contributed by atoms with Crippen LogP contribution in [0.1, 0.15) is 16.7 Å². The van der Waals surface area contributed by atoms with Crippen LogP contribution in [0.25, 0.3) is 0 Å². The highest BCUT2D eigenvalue weighted by Crippen LogP contribution is 2.41.